The Balaban J connectivity index is 2.04. The van der Waals surface area contributed by atoms with E-state index in [2.05, 4.69) is 19.2 Å². The summed E-state index contributed by atoms with van der Waals surface area (Å²) in [6.07, 6.45) is 7.69. The van der Waals surface area contributed by atoms with Crippen molar-refractivity contribution in [2.75, 3.05) is 6.61 Å². The van der Waals surface area contributed by atoms with E-state index >= 15 is 0 Å². The molecule has 1 unspecified atom stereocenters. The Morgan fingerprint density at radius 2 is 2.35 bits per heavy atom. The number of aliphatic hydroxyl groups is 1. The van der Waals surface area contributed by atoms with E-state index in [9.17, 15) is 9.90 Å². The molecule has 0 aromatic carbocycles. The summed E-state index contributed by atoms with van der Waals surface area (Å²) in [5.41, 5.74) is 1.28. The molecule has 1 aliphatic rings. The van der Waals surface area contributed by atoms with Crippen LogP contribution in [0.4, 0.5) is 0 Å². The van der Waals surface area contributed by atoms with Crippen molar-refractivity contribution in [2.45, 2.75) is 45.6 Å². The van der Waals surface area contributed by atoms with Gasteiger partial charge in [0.05, 0.1) is 12.9 Å². The minimum atomic E-state index is -0.485. The van der Waals surface area contributed by atoms with Crippen LogP contribution in [0.1, 0.15) is 51.3 Å². The fraction of sp³-hybridized carbons (Fsp3) is 0.562. The lowest BCUT2D eigenvalue weighted by atomic mass is 9.73. The first-order valence-corrected chi connectivity index (χ1v) is 7.19. The monoisotopic (exact) mass is 277 g/mol. The lowest BCUT2D eigenvalue weighted by molar-refractivity contribution is -0.117. The van der Waals surface area contributed by atoms with Crippen LogP contribution in [0.15, 0.2) is 34.5 Å². The Labute approximate surface area is 119 Å². The zero-order valence-electron chi connectivity index (χ0n) is 12.2. The van der Waals surface area contributed by atoms with E-state index < -0.39 is 6.04 Å². The Hall–Kier alpha value is -1.55. The third-order valence-corrected chi connectivity index (χ3v) is 4.06. The van der Waals surface area contributed by atoms with Crippen molar-refractivity contribution in [3.63, 3.8) is 0 Å². The van der Waals surface area contributed by atoms with Crippen molar-refractivity contribution in [3.05, 3.63) is 35.8 Å². The number of hydrogen-bond donors (Lipinski definition) is 2. The van der Waals surface area contributed by atoms with Gasteiger partial charge in [-0.25, -0.2) is 0 Å². The number of carbonyl (C=O) groups is 1. The molecule has 1 aliphatic carbocycles. The van der Waals surface area contributed by atoms with Crippen LogP contribution in [-0.2, 0) is 4.79 Å². The number of allylic oxidation sites excluding steroid dienone is 1. The van der Waals surface area contributed by atoms with E-state index in [1.165, 1.54) is 18.3 Å². The van der Waals surface area contributed by atoms with Crippen LogP contribution in [-0.4, -0.2) is 17.6 Å². The van der Waals surface area contributed by atoms with E-state index in [1.54, 1.807) is 18.2 Å². The summed E-state index contributed by atoms with van der Waals surface area (Å²) in [5.74, 6) is 0.410. The summed E-state index contributed by atoms with van der Waals surface area (Å²) in [6.45, 7) is 4.19. The smallest absolute Gasteiger partial charge is 0.244 e. The molecule has 1 fully saturated rings. The summed E-state index contributed by atoms with van der Waals surface area (Å²) < 4.78 is 5.22. The van der Waals surface area contributed by atoms with Gasteiger partial charge < -0.3 is 14.8 Å². The van der Waals surface area contributed by atoms with E-state index in [0.717, 1.165) is 19.3 Å². The van der Waals surface area contributed by atoms with Gasteiger partial charge in [0, 0.05) is 6.08 Å². The largest absolute Gasteiger partial charge is 0.467 e. The first kappa shape index (κ1) is 14.9. The molecule has 1 aromatic heterocycles. The van der Waals surface area contributed by atoms with E-state index in [1.807, 2.05) is 0 Å². The second-order valence-electron chi connectivity index (χ2n) is 6.02. The molecule has 1 aromatic rings. The highest BCUT2D eigenvalue weighted by atomic mass is 16.3. The molecular weight excluding hydrogens is 254 g/mol. The molecule has 4 heteroatoms. The van der Waals surface area contributed by atoms with E-state index in [0.29, 0.717) is 5.76 Å². The van der Waals surface area contributed by atoms with Crippen molar-refractivity contribution >= 4 is 5.91 Å². The Morgan fingerprint density at radius 3 is 2.95 bits per heavy atom. The Bertz CT molecular complexity index is 474. The molecule has 1 amide bonds. The summed E-state index contributed by atoms with van der Waals surface area (Å²) in [7, 11) is 0. The average molecular weight is 277 g/mol. The lowest BCUT2D eigenvalue weighted by Gasteiger charge is -2.32. The van der Waals surface area contributed by atoms with Gasteiger partial charge in [-0.3, -0.25) is 4.79 Å². The number of amides is 1. The van der Waals surface area contributed by atoms with Crippen molar-refractivity contribution in [1.82, 2.24) is 5.32 Å². The van der Waals surface area contributed by atoms with Gasteiger partial charge in [-0.1, -0.05) is 25.8 Å². The van der Waals surface area contributed by atoms with Gasteiger partial charge in [0.1, 0.15) is 11.8 Å². The quantitative estimate of drug-likeness (QED) is 0.832. The third-order valence-electron chi connectivity index (χ3n) is 4.06. The van der Waals surface area contributed by atoms with Crippen LogP contribution in [0.5, 0.6) is 0 Å². The second kappa shape index (κ2) is 6.27. The maximum Gasteiger partial charge on any atom is 0.244 e. The summed E-state index contributed by atoms with van der Waals surface area (Å²) in [4.78, 5) is 12.1. The SMILES string of the molecule is CC1(C)CCCC/C1=C\C(=O)NC(CO)c1ccco1. The molecule has 0 spiro atoms. The second-order valence-corrected chi connectivity index (χ2v) is 6.02. The molecule has 20 heavy (non-hydrogen) atoms. The van der Waals surface area contributed by atoms with E-state index in [4.69, 9.17) is 4.42 Å². The van der Waals surface area contributed by atoms with Crippen LogP contribution in [0.25, 0.3) is 0 Å². The molecule has 0 saturated heterocycles. The third kappa shape index (κ3) is 3.51. The molecule has 4 nitrogen and oxygen atoms in total. The van der Waals surface area contributed by atoms with E-state index in [-0.39, 0.29) is 17.9 Å². The first-order chi connectivity index (χ1) is 9.53. The predicted octanol–water partition coefficient (Wildman–Crippen LogP) is 2.96. The minimum absolute atomic E-state index is 0.0922. The van der Waals surface area contributed by atoms with Crippen molar-refractivity contribution in [1.29, 1.82) is 0 Å². The van der Waals surface area contributed by atoms with Gasteiger partial charge in [-0.2, -0.15) is 0 Å². The number of furan rings is 1. The molecule has 1 heterocycles. The molecule has 1 atom stereocenters. The van der Waals surface area contributed by atoms with Gasteiger partial charge in [0.25, 0.3) is 0 Å². The van der Waals surface area contributed by atoms with Crippen LogP contribution in [0.2, 0.25) is 0 Å². The zero-order chi connectivity index (χ0) is 14.6. The standard InChI is InChI=1S/C16H23NO3/c1-16(2)8-4-3-6-12(16)10-15(19)17-13(11-18)14-7-5-9-20-14/h5,7,9-10,13,18H,3-4,6,8,11H2,1-2H3,(H,17,19)/b12-10+. The van der Waals surface area contributed by atoms with Crippen LogP contribution in [0, 0.1) is 5.41 Å². The van der Waals surface area contributed by atoms with Gasteiger partial charge in [-0.05, 0) is 36.8 Å². The number of carbonyl (C=O) groups excluding carboxylic acids is 1. The molecule has 2 rings (SSSR count). The summed E-state index contributed by atoms with van der Waals surface area (Å²) in [6, 6.07) is 3.01. The molecule has 0 aliphatic heterocycles. The fourth-order valence-electron chi connectivity index (χ4n) is 2.72. The van der Waals surface area contributed by atoms with Gasteiger partial charge in [-0.15, -0.1) is 0 Å². The molecule has 0 bridgehead atoms. The van der Waals surface area contributed by atoms with Crippen LogP contribution < -0.4 is 5.32 Å². The molecule has 0 radical (unpaired) electrons. The van der Waals surface area contributed by atoms with Crippen molar-refractivity contribution in [3.8, 4) is 0 Å². The predicted molar refractivity (Wildman–Crippen MR) is 77.0 cm³/mol. The minimum Gasteiger partial charge on any atom is -0.467 e. The maximum absolute atomic E-state index is 12.1. The molecule has 110 valence electrons. The number of rotatable bonds is 4. The van der Waals surface area contributed by atoms with Gasteiger partial charge in [0.15, 0.2) is 0 Å². The first-order valence-electron chi connectivity index (χ1n) is 7.19. The molecule has 1 saturated carbocycles. The number of nitrogens with one attached hydrogen (secondary N) is 1. The van der Waals surface area contributed by atoms with Gasteiger partial charge >= 0.3 is 0 Å². The Kier molecular flexibility index (Phi) is 4.65. The van der Waals surface area contributed by atoms with Gasteiger partial charge in [0.2, 0.25) is 5.91 Å². The highest BCUT2D eigenvalue weighted by Crippen LogP contribution is 2.39. The van der Waals surface area contributed by atoms with Crippen molar-refractivity contribution < 1.29 is 14.3 Å². The Morgan fingerprint density at radius 1 is 1.55 bits per heavy atom. The highest BCUT2D eigenvalue weighted by Gasteiger charge is 2.27. The maximum atomic E-state index is 12.1. The van der Waals surface area contributed by atoms with Crippen LogP contribution in [0.3, 0.4) is 0 Å². The topological polar surface area (TPSA) is 62.5 Å². The average Bonchev–Trinajstić information content (AvgIpc) is 2.92. The fourth-order valence-corrected chi connectivity index (χ4v) is 2.72. The molecular formula is C16H23NO3. The summed E-state index contributed by atoms with van der Waals surface area (Å²) >= 11 is 0. The zero-order valence-corrected chi connectivity index (χ0v) is 12.2. The summed E-state index contributed by atoms with van der Waals surface area (Å²) in [5, 5.41) is 12.2. The van der Waals surface area contributed by atoms with Crippen LogP contribution >= 0.6 is 0 Å². The molecule has 2 N–H and O–H groups in total. The normalized spacial score (nSPS) is 21.6. The highest BCUT2D eigenvalue weighted by molar-refractivity contribution is 5.88. The lowest BCUT2D eigenvalue weighted by Crippen LogP contribution is -2.30. The van der Waals surface area contributed by atoms with Crippen molar-refractivity contribution in [2.24, 2.45) is 5.41 Å². The number of aliphatic hydroxyl groups excluding tert-OH is 1. The number of hydrogen-bond acceptors (Lipinski definition) is 3.